The Morgan fingerprint density at radius 2 is 1.89 bits per heavy atom. The molecule has 1 aliphatic rings. The van der Waals surface area contributed by atoms with Gasteiger partial charge in [-0.05, 0) is 58.0 Å². The largest absolute Gasteiger partial charge is 0.350 e. The van der Waals surface area contributed by atoms with E-state index in [2.05, 4.69) is 57.7 Å². The van der Waals surface area contributed by atoms with Crippen LogP contribution in [0, 0.1) is 0 Å². The summed E-state index contributed by atoms with van der Waals surface area (Å²) >= 11 is 0. The average molecular weight is 375 g/mol. The average Bonchev–Trinajstić information content (AvgIpc) is 3.34. The Balaban J connectivity index is 1.36. The lowest BCUT2D eigenvalue weighted by Crippen LogP contribution is -2.36. The van der Waals surface area contributed by atoms with Crippen LogP contribution in [0.5, 0.6) is 0 Å². The number of imidazole rings is 1. The first kappa shape index (κ1) is 17.2. The first-order valence-corrected chi connectivity index (χ1v) is 9.88. The number of hydrogen-bond donors (Lipinski definition) is 1. The van der Waals surface area contributed by atoms with Crippen molar-refractivity contribution in [1.29, 1.82) is 0 Å². The van der Waals surface area contributed by atoms with E-state index in [9.17, 15) is 0 Å². The lowest BCUT2D eigenvalue weighted by Gasteiger charge is -2.32. The molecule has 0 bridgehead atoms. The molecule has 5 rings (SSSR count). The molecule has 28 heavy (non-hydrogen) atoms. The van der Waals surface area contributed by atoms with E-state index in [0.29, 0.717) is 18.0 Å². The van der Waals surface area contributed by atoms with Crippen molar-refractivity contribution in [1.82, 2.24) is 28.9 Å². The third-order valence-electron chi connectivity index (χ3n) is 5.88. The Hall–Kier alpha value is -2.93. The van der Waals surface area contributed by atoms with Gasteiger partial charge in [0.15, 0.2) is 0 Å². The highest BCUT2D eigenvalue weighted by Gasteiger charge is 2.23. The van der Waals surface area contributed by atoms with Gasteiger partial charge in [-0.25, -0.2) is 14.5 Å². The van der Waals surface area contributed by atoms with Crippen molar-refractivity contribution in [2.45, 2.75) is 37.8 Å². The maximum atomic E-state index is 4.69. The minimum absolute atomic E-state index is 0.451. The Bertz CT molecular complexity index is 1100. The number of anilines is 1. The minimum Gasteiger partial charge on any atom is -0.350 e. The van der Waals surface area contributed by atoms with Crippen LogP contribution in [0.2, 0.25) is 0 Å². The molecule has 7 nitrogen and oxygen atoms in total. The SMILES string of the molecule is CN(C)C1CCC(Nc2ncc3c(-c4ccc5nccn5c4)ccn3n2)CC1. The maximum absolute atomic E-state index is 4.69. The standard InChI is InChI=1S/C21H25N7/c1-26(2)17-6-4-16(5-7-17)24-21-23-13-19-18(9-11-28(19)25-21)15-3-8-20-22-10-12-27(20)14-15/h3,8-14,16-17H,4-7H2,1-2H3,(H,24,25). The third kappa shape index (κ3) is 3.11. The summed E-state index contributed by atoms with van der Waals surface area (Å²) in [5, 5.41) is 8.22. The summed E-state index contributed by atoms with van der Waals surface area (Å²) in [6, 6.07) is 7.36. The third-order valence-corrected chi connectivity index (χ3v) is 5.88. The lowest BCUT2D eigenvalue weighted by atomic mass is 9.91. The molecule has 0 saturated heterocycles. The molecular weight excluding hydrogens is 350 g/mol. The van der Waals surface area contributed by atoms with Gasteiger partial charge in [-0.2, -0.15) is 0 Å². The summed E-state index contributed by atoms with van der Waals surface area (Å²) < 4.78 is 3.94. The number of fused-ring (bicyclic) bond motifs is 2. The highest BCUT2D eigenvalue weighted by atomic mass is 15.3. The van der Waals surface area contributed by atoms with Crippen LogP contribution in [0.15, 0.2) is 49.2 Å². The van der Waals surface area contributed by atoms with Gasteiger partial charge in [-0.15, -0.1) is 5.10 Å². The summed E-state index contributed by atoms with van der Waals surface area (Å²) in [5.41, 5.74) is 4.19. The molecule has 1 fully saturated rings. The molecule has 0 spiro atoms. The predicted octanol–water partition coefficient (Wildman–Crippen LogP) is 3.33. The van der Waals surface area contributed by atoms with E-state index < -0.39 is 0 Å². The van der Waals surface area contributed by atoms with Gasteiger partial charge in [-0.1, -0.05) is 0 Å². The van der Waals surface area contributed by atoms with Crippen molar-refractivity contribution in [2.24, 2.45) is 0 Å². The zero-order chi connectivity index (χ0) is 19.1. The second-order valence-electron chi connectivity index (χ2n) is 7.86. The van der Waals surface area contributed by atoms with E-state index in [1.165, 1.54) is 12.8 Å². The van der Waals surface area contributed by atoms with Crippen LogP contribution in [0.3, 0.4) is 0 Å². The van der Waals surface area contributed by atoms with Gasteiger partial charge in [0.2, 0.25) is 5.95 Å². The zero-order valence-electron chi connectivity index (χ0n) is 16.3. The second-order valence-corrected chi connectivity index (χ2v) is 7.86. The summed E-state index contributed by atoms with van der Waals surface area (Å²) in [5.74, 6) is 0.702. The molecule has 0 aromatic carbocycles. The minimum atomic E-state index is 0.451. The smallest absolute Gasteiger partial charge is 0.241 e. The van der Waals surface area contributed by atoms with Gasteiger partial charge < -0.3 is 14.6 Å². The molecule has 144 valence electrons. The molecule has 1 saturated carbocycles. The summed E-state index contributed by atoms with van der Waals surface area (Å²) in [6.45, 7) is 0. The highest BCUT2D eigenvalue weighted by molar-refractivity contribution is 5.80. The van der Waals surface area contributed by atoms with Crippen LogP contribution >= 0.6 is 0 Å². The van der Waals surface area contributed by atoms with Gasteiger partial charge in [0.1, 0.15) is 5.65 Å². The molecule has 4 aromatic heterocycles. The highest BCUT2D eigenvalue weighted by Crippen LogP contribution is 2.27. The van der Waals surface area contributed by atoms with Crippen molar-refractivity contribution < 1.29 is 0 Å². The number of nitrogens with one attached hydrogen (secondary N) is 1. The quantitative estimate of drug-likeness (QED) is 0.593. The second kappa shape index (κ2) is 6.91. The summed E-state index contributed by atoms with van der Waals surface area (Å²) in [4.78, 5) is 11.2. The number of nitrogens with zero attached hydrogens (tertiary/aromatic N) is 6. The van der Waals surface area contributed by atoms with Crippen LogP contribution in [0.25, 0.3) is 22.3 Å². The fraction of sp³-hybridized carbons (Fsp3) is 0.381. The van der Waals surface area contributed by atoms with Gasteiger partial charge in [0, 0.05) is 48.0 Å². The van der Waals surface area contributed by atoms with Gasteiger partial charge in [0.05, 0.1) is 11.7 Å². The van der Waals surface area contributed by atoms with E-state index in [-0.39, 0.29) is 0 Å². The number of rotatable bonds is 4. The topological polar surface area (TPSA) is 62.8 Å². The Labute approximate surface area is 164 Å². The van der Waals surface area contributed by atoms with Crippen LogP contribution in [0.1, 0.15) is 25.7 Å². The molecule has 0 amide bonds. The Morgan fingerprint density at radius 1 is 1.04 bits per heavy atom. The summed E-state index contributed by atoms with van der Waals surface area (Å²) in [6.07, 6.45) is 14.5. The number of pyridine rings is 1. The van der Waals surface area contributed by atoms with Gasteiger partial charge in [0.25, 0.3) is 0 Å². The maximum Gasteiger partial charge on any atom is 0.241 e. The first-order chi connectivity index (χ1) is 13.7. The monoisotopic (exact) mass is 375 g/mol. The van der Waals surface area contributed by atoms with Crippen LogP contribution in [-0.2, 0) is 0 Å². The number of hydrogen-bond acceptors (Lipinski definition) is 5. The molecule has 0 unspecified atom stereocenters. The first-order valence-electron chi connectivity index (χ1n) is 9.88. The zero-order valence-corrected chi connectivity index (χ0v) is 16.3. The van der Waals surface area contributed by atoms with E-state index in [4.69, 9.17) is 0 Å². The van der Waals surface area contributed by atoms with Gasteiger partial charge >= 0.3 is 0 Å². The molecule has 0 atom stereocenters. The van der Waals surface area contributed by atoms with Crippen molar-refractivity contribution >= 4 is 17.1 Å². The molecule has 0 aliphatic heterocycles. The Kier molecular flexibility index (Phi) is 4.24. The molecule has 4 aromatic rings. The van der Waals surface area contributed by atoms with Crippen LogP contribution < -0.4 is 5.32 Å². The van der Waals surface area contributed by atoms with E-state index in [1.807, 2.05) is 39.8 Å². The van der Waals surface area contributed by atoms with Crippen molar-refractivity contribution in [2.75, 3.05) is 19.4 Å². The van der Waals surface area contributed by atoms with E-state index in [0.717, 1.165) is 35.1 Å². The van der Waals surface area contributed by atoms with E-state index >= 15 is 0 Å². The van der Waals surface area contributed by atoms with Crippen molar-refractivity contribution in [3.63, 3.8) is 0 Å². The Morgan fingerprint density at radius 3 is 2.71 bits per heavy atom. The normalized spacial score (nSPS) is 20.2. The van der Waals surface area contributed by atoms with Crippen LogP contribution in [-0.4, -0.2) is 55.1 Å². The molecule has 1 N–H and O–H groups in total. The molecule has 4 heterocycles. The lowest BCUT2D eigenvalue weighted by molar-refractivity contribution is 0.221. The number of aromatic nitrogens is 5. The molecule has 7 heteroatoms. The van der Waals surface area contributed by atoms with Crippen molar-refractivity contribution in [3.05, 3.63) is 49.2 Å². The van der Waals surface area contributed by atoms with Gasteiger partial charge in [-0.3, -0.25) is 0 Å². The molecule has 1 aliphatic carbocycles. The molecule has 0 radical (unpaired) electrons. The molecular formula is C21H25N7. The van der Waals surface area contributed by atoms with E-state index in [1.54, 1.807) is 0 Å². The van der Waals surface area contributed by atoms with Crippen molar-refractivity contribution in [3.8, 4) is 11.1 Å². The fourth-order valence-electron chi connectivity index (χ4n) is 4.21. The summed E-state index contributed by atoms with van der Waals surface area (Å²) in [7, 11) is 4.34. The fourth-order valence-corrected chi connectivity index (χ4v) is 4.21. The predicted molar refractivity (Wildman–Crippen MR) is 111 cm³/mol. The van der Waals surface area contributed by atoms with Crippen LogP contribution in [0.4, 0.5) is 5.95 Å².